The van der Waals surface area contributed by atoms with Crippen molar-refractivity contribution in [3.8, 4) is 0 Å². The molecule has 0 bridgehead atoms. The predicted molar refractivity (Wildman–Crippen MR) is 87.4 cm³/mol. The van der Waals surface area contributed by atoms with Gasteiger partial charge in [-0.1, -0.05) is 13.5 Å². The summed E-state index contributed by atoms with van der Waals surface area (Å²) in [6.07, 6.45) is 2.44. The maximum absolute atomic E-state index is 13.0. The number of dihydropyridines is 1. The quantitative estimate of drug-likeness (QED) is 0.910. The lowest BCUT2D eigenvalue weighted by Gasteiger charge is -2.28. The van der Waals surface area contributed by atoms with Gasteiger partial charge in [-0.25, -0.2) is 0 Å². The van der Waals surface area contributed by atoms with E-state index in [2.05, 4.69) is 11.9 Å². The second-order valence-corrected chi connectivity index (χ2v) is 5.93. The van der Waals surface area contributed by atoms with Crippen LogP contribution in [0.3, 0.4) is 0 Å². The van der Waals surface area contributed by atoms with E-state index >= 15 is 0 Å². The first kappa shape index (κ1) is 15.2. The number of nitrogens with one attached hydrogen (secondary N) is 1. The molecule has 1 aliphatic heterocycles. The van der Waals surface area contributed by atoms with Crippen LogP contribution in [0, 0.1) is 6.92 Å². The maximum Gasteiger partial charge on any atom is 0.251 e. The second kappa shape index (κ2) is 5.19. The molecule has 0 fully saturated rings. The van der Waals surface area contributed by atoms with Gasteiger partial charge in [0.25, 0.3) is 5.56 Å². The molecular formula is C18H18N2O3. The number of carbonyl (C=O) groups is 2. The van der Waals surface area contributed by atoms with E-state index < -0.39 is 0 Å². The first-order chi connectivity index (χ1) is 10.9. The van der Waals surface area contributed by atoms with Gasteiger partial charge in [0.1, 0.15) is 11.4 Å². The number of fused-ring (bicyclic) bond motifs is 1. The lowest BCUT2D eigenvalue weighted by molar-refractivity contribution is 0.0961. The van der Waals surface area contributed by atoms with Gasteiger partial charge in [-0.3, -0.25) is 14.4 Å². The Hall–Kier alpha value is -2.69. The molecule has 0 spiro atoms. The van der Waals surface area contributed by atoms with Gasteiger partial charge in [-0.15, -0.1) is 0 Å². The Morgan fingerprint density at radius 1 is 1.17 bits per heavy atom. The van der Waals surface area contributed by atoms with Crippen LogP contribution in [0.2, 0.25) is 0 Å². The Labute approximate surface area is 134 Å². The average Bonchev–Trinajstić information content (AvgIpc) is 2.46. The first-order valence-corrected chi connectivity index (χ1v) is 7.59. The van der Waals surface area contributed by atoms with E-state index in [1.54, 1.807) is 19.9 Å². The summed E-state index contributed by atoms with van der Waals surface area (Å²) < 4.78 is 1.41. The highest BCUT2D eigenvalue weighted by Crippen LogP contribution is 2.33. The number of pyridine rings is 1. The monoisotopic (exact) mass is 310 g/mol. The summed E-state index contributed by atoms with van der Waals surface area (Å²) in [6.45, 7) is 9.62. The van der Waals surface area contributed by atoms with Crippen molar-refractivity contribution in [2.24, 2.45) is 0 Å². The van der Waals surface area contributed by atoms with Crippen LogP contribution in [0.4, 0.5) is 0 Å². The number of aryl methyl sites for hydroxylation is 1. The van der Waals surface area contributed by atoms with Gasteiger partial charge in [-0.05, 0) is 37.5 Å². The van der Waals surface area contributed by atoms with Gasteiger partial charge in [0, 0.05) is 18.3 Å². The summed E-state index contributed by atoms with van der Waals surface area (Å²) in [6, 6.07) is 1.43. The molecule has 118 valence electrons. The number of rotatable bonds is 2. The maximum atomic E-state index is 13.0. The minimum atomic E-state index is -0.322. The average molecular weight is 310 g/mol. The Bertz CT molecular complexity index is 898. The van der Waals surface area contributed by atoms with Crippen LogP contribution in [0.1, 0.15) is 46.7 Å². The van der Waals surface area contributed by atoms with Crippen LogP contribution in [0.25, 0.3) is 0 Å². The SMILES string of the molecule is C=C1C=C(C)C2=C(N1)C(=O)c1c(c(C)cc(=O)n1CCC)C2=O. The molecule has 0 radical (unpaired) electrons. The van der Waals surface area contributed by atoms with Crippen molar-refractivity contribution in [1.29, 1.82) is 0 Å². The molecule has 5 heteroatoms. The van der Waals surface area contributed by atoms with E-state index in [9.17, 15) is 14.4 Å². The number of allylic oxidation sites excluding steroid dienone is 4. The zero-order valence-electron chi connectivity index (χ0n) is 13.4. The van der Waals surface area contributed by atoms with Gasteiger partial charge in [0.2, 0.25) is 5.78 Å². The highest BCUT2D eigenvalue weighted by atomic mass is 16.1. The van der Waals surface area contributed by atoms with E-state index in [0.717, 1.165) is 0 Å². The molecule has 0 saturated heterocycles. The lowest BCUT2D eigenvalue weighted by atomic mass is 9.83. The van der Waals surface area contributed by atoms with E-state index in [0.29, 0.717) is 40.9 Å². The highest BCUT2D eigenvalue weighted by Gasteiger charge is 2.38. The van der Waals surface area contributed by atoms with Crippen LogP contribution in [-0.2, 0) is 6.54 Å². The van der Waals surface area contributed by atoms with Crippen molar-refractivity contribution >= 4 is 11.6 Å². The topological polar surface area (TPSA) is 68.2 Å². The zero-order valence-corrected chi connectivity index (χ0v) is 13.4. The summed E-state index contributed by atoms with van der Waals surface area (Å²) in [5, 5.41) is 2.90. The molecule has 1 aromatic rings. The van der Waals surface area contributed by atoms with E-state index in [4.69, 9.17) is 0 Å². The van der Waals surface area contributed by atoms with Crippen molar-refractivity contribution in [3.63, 3.8) is 0 Å². The smallest absolute Gasteiger partial charge is 0.251 e. The molecule has 1 aliphatic carbocycles. The summed E-state index contributed by atoms with van der Waals surface area (Å²) in [7, 11) is 0. The van der Waals surface area contributed by atoms with Crippen LogP contribution in [0.15, 0.2) is 46.1 Å². The molecule has 0 atom stereocenters. The molecule has 5 nitrogen and oxygen atoms in total. The number of hydrogen-bond acceptors (Lipinski definition) is 4. The second-order valence-electron chi connectivity index (χ2n) is 5.93. The number of hydrogen-bond donors (Lipinski definition) is 1. The van der Waals surface area contributed by atoms with Crippen LogP contribution < -0.4 is 10.9 Å². The Morgan fingerprint density at radius 2 is 1.87 bits per heavy atom. The first-order valence-electron chi connectivity index (χ1n) is 7.59. The van der Waals surface area contributed by atoms with Crippen LogP contribution in [-0.4, -0.2) is 16.1 Å². The molecule has 3 rings (SSSR count). The van der Waals surface area contributed by atoms with E-state index in [1.807, 2.05) is 6.92 Å². The fraction of sp³-hybridized carbons (Fsp3) is 0.278. The molecule has 2 heterocycles. The Kier molecular flexibility index (Phi) is 3.43. The van der Waals surface area contributed by atoms with Crippen LogP contribution >= 0.6 is 0 Å². The van der Waals surface area contributed by atoms with Gasteiger partial charge in [0.05, 0.1) is 11.1 Å². The number of Topliss-reactive ketones (excluding diaryl/α,β-unsaturated/α-hetero) is 2. The summed E-state index contributed by atoms with van der Waals surface area (Å²) in [4.78, 5) is 38.2. The van der Waals surface area contributed by atoms with Gasteiger partial charge in [0.15, 0.2) is 5.78 Å². The largest absolute Gasteiger partial charge is 0.352 e. The van der Waals surface area contributed by atoms with E-state index in [1.165, 1.54) is 10.6 Å². The van der Waals surface area contributed by atoms with Crippen molar-refractivity contribution < 1.29 is 9.59 Å². The minimum Gasteiger partial charge on any atom is -0.352 e. The van der Waals surface area contributed by atoms with Crippen molar-refractivity contribution in [2.75, 3.05) is 0 Å². The molecule has 23 heavy (non-hydrogen) atoms. The fourth-order valence-electron chi connectivity index (χ4n) is 3.23. The van der Waals surface area contributed by atoms with Gasteiger partial charge in [-0.2, -0.15) is 0 Å². The molecule has 0 amide bonds. The van der Waals surface area contributed by atoms with Gasteiger partial charge >= 0.3 is 0 Å². The molecule has 1 N–H and O–H groups in total. The normalized spacial score (nSPS) is 16.8. The summed E-state index contributed by atoms with van der Waals surface area (Å²) in [5.74, 6) is -0.539. The number of ketones is 2. The molecule has 0 saturated carbocycles. The fourth-order valence-corrected chi connectivity index (χ4v) is 3.23. The minimum absolute atomic E-state index is 0.190. The number of nitrogens with zero attached hydrogens (tertiary/aromatic N) is 1. The third kappa shape index (κ3) is 2.11. The van der Waals surface area contributed by atoms with E-state index in [-0.39, 0.29) is 28.5 Å². The Balaban J connectivity index is 2.35. The summed E-state index contributed by atoms with van der Waals surface area (Å²) in [5.41, 5.74) is 2.68. The molecule has 0 aromatic carbocycles. The third-order valence-corrected chi connectivity index (χ3v) is 4.17. The predicted octanol–water partition coefficient (Wildman–Crippen LogP) is 2.26. The molecule has 2 aliphatic rings. The Morgan fingerprint density at radius 3 is 2.52 bits per heavy atom. The van der Waals surface area contributed by atoms with Crippen molar-refractivity contribution in [2.45, 2.75) is 33.7 Å². The van der Waals surface area contributed by atoms with Gasteiger partial charge < -0.3 is 9.88 Å². The van der Waals surface area contributed by atoms with Crippen molar-refractivity contribution in [3.05, 3.63) is 68.4 Å². The number of carbonyl (C=O) groups excluding carboxylic acids is 2. The lowest BCUT2D eigenvalue weighted by Crippen LogP contribution is -2.38. The molecular weight excluding hydrogens is 292 g/mol. The number of aromatic nitrogens is 1. The molecule has 1 aromatic heterocycles. The highest BCUT2D eigenvalue weighted by molar-refractivity contribution is 6.28. The zero-order chi connectivity index (χ0) is 16.9. The standard InChI is InChI=1S/C18H18N2O3/c1-5-6-20-12(21)8-10(3)14-16(20)18(23)15-13(17(14)22)9(2)7-11(4)19-15/h7-8,19H,4-6H2,1-3H3. The van der Waals surface area contributed by atoms with Crippen molar-refractivity contribution in [1.82, 2.24) is 9.88 Å². The summed E-state index contributed by atoms with van der Waals surface area (Å²) >= 11 is 0. The third-order valence-electron chi connectivity index (χ3n) is 4.17. The molecule has 0 unspecified atom stereocenters. The van der Waals surface area contributed by atoms with Crippen LogP contribution in [0.5, 0.6) is 0 Å².